The Balaban J connectivity index is 1.28. The highest BCUT2D eigenvalue weighted by molar-refractivity contribution is 5.76. The van der Waals surface area contributed by atoms with Crippen molar-refractivity contribution in [2.75, 3.05) is 62.3 Å². The van der Waals surface area contributed by atoms with Crippen molar-refractivity contribution < 1.29 is 9.53 Å². The summed E-state index contributed by atoms with van der Waals surface area (Å²) in [5.41, 5.74) is 2.27. The van der Waals surface area contributed by atoms with Gasteiger partial charge in [0.05, 0.1) is 13.2 Å². The van der Waals surface area contributed by atoms with Gasteiger partial charge in [0.2, 0.25) is 11.9 Å². The number of morpholine rings is 1. The molecule has 2 aliphatic rings. The van der Waals surface area contributed by atoms with Crippen LogP contribution in [0.25, 0.3) is 0 Å². The summed E-state index contributed by atoms with van der Waals surface area (Å²) in [7, 11) is 0. The fourth-order valence-corrected chi connectivity index (χ4v) is 4.03. The molecule has 0 N–H and O–H groups in total. The first-order valence-corrected chi connectivity index (χ1v) is 10.9. The minimum atomic E-state index is 0.254. The highest BCUT2D eigenvalue weighted by atomic mass is 16.5. The van der Waals surface area contributed by atoms with Crippen molar-refractivity contribution in [2.24, 2.45) is 0 Å². The molecule has 0 spiro atoms. The van der Waals surface area contributed by atoms with Crippen LogP contribution in [0, 0.1) is 6.92 Å². The van der Waals surface area contributed by atoms with Crippen molar-refractivity contribution in [3.05, 3.63) is 47.7 Å². The van der Waals surface area contributed by atoms with Gasteiger partial charge in [0.1, 0.15) is 5.82 Å². The van der Waals surface area contributed by atoms with Crippen molar-refractivity contribution in [2.45, 2.75) is 26.2 Å². The van der Waals surface area contributed by atoms with Crippen LogP contribution in [0.3, 0.4) is 0 Å². The van der Waals surface area contributed by atoms with Gasteiger partial charge in [-0.2, -0.15) is 4.98 Å². The lowest BCUT2D eigenvalue weighted by Gasteiger charge is -2.35. The lowest BCUT2D eigenvalue weighted by atomic mass is 10.1. The summed E-state index contributed by atoms with van der Waals surface area (Å²) < 4.78 is 5.45. The molecular weight excluding hydrogens is 378 g/mol. The van der Waals surface area contributed by atoms with Crippen LogP contribution >= 0.6 is 0 Å². The average Bonchev–Trinajstić information content (AvgIpc) is 2.80. The first-order chi connectivity index (χ1) is 14.7. The standard InChI is InChI=1S/C23H31N5O2/c1-19-18-21(26-14-16-30-17-15-26)25-23(24-19)28-12-10-27(11-13-28)22(29)9-5-8-20-6-3-2-4-7-20/h2-4,6-7,18H,5,8-17H2,1H3. The number of piperazine rings is 1. The van der Waals surface area contributed by atoms with Gasteiger partial charge in [0, 0.05) is 57.4 Å². The molecule has 2 fully saturated rings. The van der Waals surface area contributed by atoms with E-state index < -0.39 is 0 Å². The Bertz CT molecular complexity index is 831. The van der Waals surface area contributed by atoms with E-state index in [1.165, 1.54) is 5.56 Å². The van der Waals surface area contributed by atoms with Crippen molar-refractivity contribution in [3.63, 3.8) is 0 Å². The molecule has 7 heteroatoms. The molecule has 4 rings (SSSR count). The van der Waals surface area contributed by atoms with Crippen molar-refractivity contribution in [1.29, 1.82) is 0 Å². The zero-order chi connectivity index (χ0) is 20.8. The van der Waals surface area contributed by atoms with E-state index in [9.17, 15) is 4.79 Å². The molecular formula is C23H31N5O2. The third kappa shape index (κ3) is 5.27. The highest BCUT2D eigenvalue weighted by Gasteiger charge is 2.23. The second kappa shape index (κ2) is 9.89. The highest BCUT2D eigenvalue weighted by Crippen LogP contribution is 2.20. The van der Waals surface area contributed by atoms with E-state index >= 15 is 0 Å². The van der Waals surface area contributed by atoms with Crippen LogP contribution in [-0.4, -0.2) is 73.3 Å². The van der Waals surface area contributed by atoms with Crippen LogP contribution in [0.4, 0.5) is 11.8 Å². The number of amides is 1. The van der Waals surface area contributed by atoms with Crippen LogP contribution in [0.1, 0.15) is 24.1 Å². The predicted molar refractivity (Wildman–Crippen MR) is 118 cm³/mol. The SMILES string of the molecule is Cc1cc(N2CCOCC2)nc(N2CCN(C(=O)CCCc3ccccc3)CC2)n1. The van der Waals surface area contributed by atoms with E-state index in [4.69, 9.17) is 9.72 Å². The molecule has 2 saturated heterocycles. The van der Waals surface area contributed by atoms with Gasteiger partial charge in [-0.05, 0) is 25.3 Å². The van der Waals surface area contributed by atoms with Crippen LogP contribution in [0.5, 0.6) is 0 Å². The number of aryl methyl sites for hydroxylation is 2. The Kier molecular flexibility index (Phi) is 6.79. The van der Waals surface area contributed by atoms with Crippen LogP contribution in [0.2, 0.25) is 0 Å². The molecule has 3 heterocycles. The molecule has 2 aromatic rings. The largest absolute Gasteiger partial charge is 0.378 e. The zero-order valence-electron chi connectivity index (χ0n) is 17.8. The Morgan fingerprint density at radius 1 is 0.967 bits per heavy atom. The van der Waals surface area contributed by atoms with Gasteiger partial charge in [-0.3, -0.25) is 4.79 Å². The number of carbonyl (C=O) groups is 1. The van der Waals surface area contributed by atoms with Gasteiger partial charge in [-0.15, -0.1) is 0 Å². The number of nitrogens with zero attached hydrogens (tertiary/aromatic N) is 5. The van der Waals surface area contributed by atoms with Gasteiger partial charge >= 0.3 is 0 Å². The topological polar surface area (TPSA) is 61.8 Å². The second-order valence-corrected chi connectivity index (χ2v) is 7.97. The molecule has 1 amide bonds. The first kappa shape index (κ1) is 20.6. The molecule has 2 aliphatic heterocycles. The number of rotatable bonds is 6. The molecule has 30 heavy (non-hydrogen) atoms. The summed E-state index contributed by atoms with van der Waals surface area (Å²) >= 11 is 0. The minimum absolute atomic E-state index is 0.254. The average molecular weight is 410 g/mol. The Morgan fingerprint density at radius 2 is 1.70 bits per heavy atom. The monoisotopic (exact) mass is 409 g/mol. The van der Waals surface area contributed by atoms with Gasteiger partial charge < -0.3 is 19.4 Å². The number of hydrogen-bond acceptors (Lipinski definition) is 6. The van der Waals surface area contributed by atoms with E-state index in [0.717, 1.165) is 82.8 Å². The van der Waals surface area contributed by atoms with Crippen molar-refractivity contribution >= 4 is 17.7 Å². The molecule has 0 radical (unpaired) electrons. The van der Waals surface area contributed by atoms with Crippen LogP contribution in [0.15, 0.2) is 36.4 Å². The Hall–Kier alpha value is -2.67. The summed E-state index contributed by atoms with van der Waals surface area (Å²) in [6.07, 6.45) is 2.46. The van der Waals surface area contributed by atoms with Crippen LogP contribution in [-0.2, 0) is 16.0 Å². The number of hydrogen-bond donors (Lipinski definition) is 0. The molecule has 0 unspecified atom stereocenters. The number of carbonyl (C=O) groups excluding carboxylic acids is 1. The fraction of sp³-hybridized carbons (Fsp3) is 0.522. The molecule has 0 atom stereocenters. The Labute approximate surface area is 178 Å². The lowest BCUT2D eigenvalue weighted by Crippen LogP contribution is -2.49. The fourth-order valence-electron chi connectivity index (χ4n) is 4.03. The third-order valence-electron chi connectivity index (χ3n) is 5.78. The first-order valence-electron chi connectivity index (χ1n) is 10.9. The van der Waals surface area contributed by atoms with Crippen molar-refractivity contribution in [1.82, 2.24) is 14.9 Å². The smallest absolute Gasteiger partial charge is 0.227 e. The summed E-state index contributed by atoms with van der Waals surface area (Å²) in [5.74, 6) is 2.00. The maximum absolute atomic E-state index is 12.6. The number of ether oxygens (including phenoxy) is 1. The summed E-state index contributed by atoms with van der Waals surface area (Å²) in [6.45, 7) is 8.23. The maximum atomic E-state index is 12.6. The summed E-state index contributed by atoms with van der Waals surface area (Å²) in [5, 5.41) is 0. The number of anilines is 2. The Morgan fingerprint density at radius 3 is 2.43 bits per heavy atom. The molecule has 1 aromatic carbocycles. The van der Waals surface area contributed by atoms with Gasteiger partial charge in [-0.25, -0.2) is 4.98 Å². The van der Waals surface area contributed by atoms with E-state index in [1.54, 1.807) is 0 Å². The summed E-state index contributed by atoms with van der Waals surface area (Å²) in [4.78, 5) is 28.5. The normalized spacial score (nSPS) is 17.3. The second-order valence-electron chi connectivity index (χ2n) is 7.97. The van der Waals surface area contributed by atoms with Crippen molar-refractivity contribution in [3.8, 4) is 0 Å². The summed E-state index contributed by atoms with van der Waals surface area (Å²) in [6, 6.07) is 12.4. The third-order valence-corrected chi connectivity index (χ3v) is 5.78. The van der Waals surface area contributed by atoms with E-state index in [1.807, 2.05) is 36.1 Å². The minimum Gasteiger partial charge on any atom is -0.378 e. The molecule has 1 aromatic heterocycles. The number of aromatic nitrogens is 2. The van der Waals surface area contributed by atoms with E-state index in [2.05, 4.69) is 26.9 Å². The van der Waals surface area contributed by atoms with Gasteiger partial charge in [0.25, 0.3) is 0 Å². The molecule has 0 saturated carbocycles. The lowest BCUT2D eigenvalue weighted by molar-refractivity contribution is -0.131. The van der Waals surface area contributed by atoms with E-state index in [0.29, 0.717) is 6.42 Å². The molecule has 0 bridgehead atoms. The molecule has 0 aliphatic carbocycles. The molecule has 160 valence electrons. The number of benzene rings is 1. The quantitative estimate of drug-likeness (QED) is 0.730. The van der Waals surface area contributed by atoms with Crippen LogP contribution < -0.4 is 9.80 Å². The predicted octanol–water partition coefficient (Wildman–Crippen LogP) is 2.29. The maximum Gasteiger partial charge on any atom is 0.227 e. The van der Waals surface area contributed by atoms with E-state index in [-0.39, 0.29) is 5.91 Å². The zero-order valence-corrected chi connectivity index (χ0v) is 17.8. The van der Waals surface area contributed by atoms with Gasteiger partial charge in [-0.1, -0.05) is 30.3 Å². The van der Waals surface area contributed by atoms with Gasteiger partial charge in [0.15, 0.2) is 0 Å². The molecule has 7 nitrogen and oxygen atoms in total.